The first-order valence-corrected chi connectivity index (χ1v) is 8.25. The zero-order valence-electron chi connectivity index (χ0n) is 11.7. The Kier molecular flexibility index (Phi) is 4.36. The van der Waals surface area contributed by atoms with Gasteiger partial charge >= 0.3 is 0 Å². The number of rotatable bonds is 6. The Morgan fingerprint density at radius 3 is 2.65 bits per heavy atom. The first kappa shape index (κ1) is 14.9. The van der Waals surface area contributed by atoms with Crippen LogP contribution in [0.15, 0.2) is 23.1 Å². The molecule has 1 aromatic carbocycles. The predicted octanol–water partition coefficient (Wildman–Crippen LogP) is 1.87. The topological polar surface area (TPSA) is 63.4 Å². The lowest BCUT2D eigenvalue weighted by Crippen LogP contribution is -2.33. The maximum Gasteiger partial charge on any atom is 0.244 e. The van der Waals surface area contributed by atoms with Gasteiger partial charge in [0.1, 0.15) is 0 Å². The number of nitrogens with zero attached hydrogens (tertiary/aromatic N) is 1. The SMILES string of the molecule is C#CCN(CC1CC1)S(=O)(=O)c1ccc(CC)c(N)c1. The molecular weight excluding hydrogens is 272 g/mol. The fourth-order valence-corrected chi connectivity index (χ4v) is 3.61. The number of benzene rings is 1. The van der Waals surface area contributed by atoms with Crippen LogP contribution in [0, 0.1) is 18.3 Å². The van der Waals surface area contributed by atoms with Crippen LogP contribution in [0.5, 0.6) is 0 Å². The number of hydrogen-bond donors (Lipinski definition) is 1. The van der Waals surface area contributed by atoms with Crippen LogP contribution in [0.4, 0.5) is 5.69 Å². The minimum absolute atomic E-state index is 0.105. The van der Waals surface area contributed by atoms with Crippen molar-refractivity contribution in [3.05, 3.63) is 23.8 Å². The highest BCUT2D eigenvalue weighted by molar-refractivity contribution is 7.89. The maximum atomic E-state index is 12.6. The van der Waals surface area contributed by atoms with Gasteiger partial charge in [0.15, 0.2) is 0 Å². The van der Waals surface area contributed by atoms with Gasteiger partial charge in [0.05, 0.1) is 11.4 Å². The Bertz CT molecular complexity index is 628. The van der Waals surface area contributed by atoms with E-state index in [0.29, 0.717) is 18.2 Å². The lowest BCUT2D eigenvalue weighted by atomic mass is 10.1. The minimum atomic E-state index is -3.55. The van der Waals surface area contributed by atoms with E-state index in [-0.39, 0.29) is 11.4 Å². The fourth-order valence-electron chi connectivity index (χ4n) is 2.14. The summed E-state index contributed by atoms with van der Waals surface area (Å²) < 4.78 is 26.6. The Hall–Kier alpha value is -1.51. The number of anilines is 1. The molecule has 1 fully saturated rings. The molecule has 0 unspecified atom stereocenters. The van der Waals surface area contributed by atoms with Crippen molar-refractivity contribution in [2.45, 2.75) is 31.1 Å². The maximum absolute atomic E-state index is 12.6. The smallest absolute Gasteiger partial charge is 0.244 e. The molecule has 0 radical (unpaired) electrons. The quantitative estimate of drug-likeness (QED) is 0.643. The molecule has 108 valence electrons. The van der Waals surface area contributed by atoms with E-state index in [1.54, 1.807) is 12.1 Å². The van der Waals surface area contributed by atoms with Crippen molar-refractivity contribution >= 4 is 15.7 Å². The lowest BCUT2D eigenvalue weighted by molar-refractivity contribution is 0.430. The van der Waals surface area contributed by atoms with Crippen LogP contribution in [0.2, 0.25) is 0 Å². The van der Waals surface area contributed by atoms with Crippen LogP contribution < -0.4 is 5.73 Å². The summed E-state index contributed by atoms with van der Waals surface area (Å²) in [6, 6.07) is 4.92. The second-order valence-electron chi connectivity index (χ2n) is 5.16. The monoisotopic (exact) mass is 292 g/mol. The van der Waals surface area contributed by atoms with Gasteiger partial charge in [-0.1, -0.05) is 18.9 Å². The number of aryl methyl sites for hydroxylation is 1. The molecule has 4 nitrogen and oxygen atoms in total. The molecule has 2 N–H and O–H groups in total. The molecule has 1 saturated carbocycles. The van der Waals surface area contributed by atoms with E-state index in [9.17, 15) is 8.42 Å². The molecule has 5 heteroatoms. The highest BCUT2D eigenvalue weighted by Crippen LogP contribution is 2.32. The van der Waals surface area contributed by atoms with Crippen LogP contribution in [0.1, 0.15) is 25.3 Å². The molecule has 1 aromatic rings. The van der Waals surface area contributed by atoms with Crippen LogP contribution in [0.3, 0.4) is 0 Å². The van der Waals surface area contributed by atoms with Gasteiger partial charge in [0.25, 0.3) is 0 Å². The largest absolute Gasteiger partial charge is 0.398 e. The molecule has 0 aromatic heterocycles. The summed E-state index contributed by atoms with van der Waals surface area (Å²) in [5.41, 5.74) is 7.36. The van der Waals surface area contributed by atoms with Gasteiger partial charge in [-0.3, -0.25) is 0 Å². The summed E-state index contributed by atoms with van der Waals surface area (Å²) in [6.45, 7) is 2.59. The zero-order chi connectivity index (χ0) is 14.8. The summed E-state index contributed by atoms with van der Waals surface area (Å²) in [6.07, 6.45) is 8.23. The predicted molar refractivity (Wildman–Crippen MR) is 80.5 cm³/mol. The number of nitrogens with two attached hydrogens (primary N) is 1. The van der Waals surface area contributed by atoms with E-state index in [1.807, 2.05) is 6.92 Å². The highest BCUT2D eigenvalue weighted by atomic mass is 32.2. The van der Waals surface area contributed by atoms with E-state index in [2.05, 4.69) is 5.92 Å². The molecular formula is C15H20N2O2S. The van der Waals surface area contributed by atoms with E-state index < -0.39 is 10.0 Å². The molecule has 0 bridgehead atoms. The van der Waals surface area contributed by atoms with Gasteiger partial charge in [-0.05, 0) is 42.9 Å². The van der Waals surface area contributed by atoms with E-state index in [0.717, 1.165) is 24.8 Å². The molecule has 1 aliphatic rings. The summed E-state index contributed by atoms with van der Waals surface area (Å²) in [5.74, 6) is 2.88. The Balaban J connectivity index is 2.31. The van der Waals surface area contributed by atoms with Crippen molar-refractivity contribution in [3.8, 4) is 12.3 Å². The van der Waals surface area contributed by atoms with Gasteiger partial charge in [-0.25, -0.2) is 8.42 Å². The molecule has 0 saturated heterocycles. The van der Waals surface area contributed by atoms with Crippen LogP contribution in [-0.4, -0.2) is 25.8 Å². The third-order valence-corrected chi connectivity index (χ3v) is 5.37. The van der Waals surface area contributed by atoms with Crippen molar-refractivity contribution in [2.24, 2.45) is 5.92 Å². The van der Waals surface area contributed by atoms with Gasteiger partial charge in [-0.2, -0.15) is 4.31 Å². The third-order valence-electron chi connectivity index (χ3n) is 3.56. The van der Waals surface area contributed by atoms with E-state index in [4.69, 9.17) is 12.2 Å². The van der Waals surface area contributed by atoms with Crippen molar-refractivity contribution < 1.29 is 8.42 Å². The van der Waals surface area contributed by atoms with Crippen LogP contribution >= 0.6 is 0 Å². The van der Waals surface area contributed by atoms with Gasteiger partial charge < -0.3 is 5.73 Å². The average molecular weight is 292 g/mol. The molecule has 0 atom stereocenters. The molecule has 2 rings (SSSR count). The highest BCUT2D eigenvalue weighted by Gasteiger charge is 2.31. The standard InChI is InChI=1S/C15H20N2O2S/c1-3-9-17(11-12-5-6-12)20(18,19)14-8-7-13(4-2)15(16)10-14/h1,7-8,10,12H,4-6,9,11,16H2,2H3. The number of terminal acetylenes is 1. The summed E-state index contributed by atoms with van der Waals surface area (Å²) in [5, 5.41) is 0. The summed E-state index contributed by atoms with van der Waals surface area (Å²) in [7, 11) is -3.55. The number of nitrogen functional groups attached to an aromatic ring is 1. The molecule has 0 amide bonds. The normalized spacial score (nSPS) is 15.2. The molecule has 0 heterocycles. The Labute approximate surface area is 121 Å². The first-order valence-electron chi connectivity index (χ1n) is 6.81. The van der Waals surface area contributed by atoms with Gasteiger partial charge in [-0.15, -0.1) is 6.42 Å². The fraction of sp³-hybridized carbons (Fsp3) is 0.467. The van der Waals surface area contributed by atoms with Crippen LogP contribution in [-0.2, 0) is 16.4 Å². The third kappa shape index (κ3) is 3.14. The van der Waals surface area contributed by atoms with Gasteiger partial charge in [0.2, 0.25) is 10.0 Å². The first-order chi connectivity index (χ1) is 9.48. The van der Waals surface area contributed by atoms with Crippen molar-refractivity contribution in [2.75, 3.05) is 18.8 Å². The second kappa shape index (κ2) is 5.86. The number of sulfonamides is 1. The zero-order valence-corrected chi connectivity index (χ0v) is 12.5. The summed E-state index contributed by atoms with van der Waals surface area (Å²) in [4.78, 5) is 0.225. The number of hydrogen-bond acceptors (Lipinski definition) is 3. The van der Waals surface area contributed by atoms with Gasteiger partial charge in [0, 0.05) is 12.2 Å². The molecule has 1 aliphatic carbocycles. The second-order valence-corrected chi connectivity index (χ2v) is 7.10. The van der Waals surface area contributed by atoms with Crippen molar-refractivity contribution in [1.82, 2.24) is 4.31 Å². The van der Waals surface area contributed by atoms with Crippen molar-refractivity contribution in [3.63, 3.8) is 0 Å². The molecule has 20 heavy (non-hydrogen) atoms. The minimum Gasteiger partial charge on any atom is -0.398 e. The summed E-state index contributed by atoms with van der Waals surface area (Å²) >= 11 is 0. The van der Waals surface area contributed by atoms with Crippen LogP contribution in [0.25, 0.3) is 0 Å². The Morgan fingerprint density at radius 1 is 1.45 bits per heavy atom. The van der Waals surface area contributed by atoms with Crippen molar-refractivity contribution in [1.29, 1.82) is 0 Å². The molecule has 0 aliphatic heterocycles. The van der Waals surface area contributed by atoms with E-state index in [1.165, 1.54) is 10.4 Å². The van der Waals surface area contributed by atoms with E-state index >= 15 is 0 Å². The lowest BCUT2D eigenvalue weighted by Gasteiger charge is -2.20. The molecule has 0 spiro atoms. The average Bonchev–Trinajstić information content (AvgIpc) is 3.22. The Morgan fingerprint density at radius 2 is 2.15 bits per heavy atom.